The summed E-state index contributed by atoms with van der Waals surface area (Å²) in [4.78, 5) is 25.5. The van der Waals surface area contributed by atoms with Gasteiger partial charge in [-0.3, -0.25) is 4.31 Å². The molecule has 0 aliphatic heterocycles. The number of alkyl halides is 2. The smallest absolute Gasteiger partial charge is 0.345 e. The van der Waals surface area contributed by atoms with Crippen molar-refractivity contribution in [3.63, 3.8) is 0 Å². The van der Waals surface area contributed by atoms with Gasteiger partial charge in [-0.05, 0) is 0 Å². The largest absolute Gasteiger partial charge is 0.380 e. The first-order valence-electron chi connectivity index (χ1n) is 3.40. The molecule has 0 bridgehead atoms. The van der Waals surface area contributed by atoms with Crippen molar-refractivity contribution in [2.75, 3.05) is 7.11 Å². The van der Waals surface area contributed by atoms with Crippen LogP contribution in [0.4, 0.5) is 8.78 Å². The van der Waals surface area contributed by atoms with Crippen molar-refractivity contribution in [1.82, 2.24) is 0 Å². The summed E-state index contributed by atoms with van der Waals surface area (Å²) in [7, 11) is -7.10. The van der Waals surface area contributed by atoms with Crippen LogP contribution < -0.4 is 0 Å². The fourth-order valence-corrected chi connectivity index (χ4v) is 3.44. The zero-order valence-electron chi connectivity index (χ0n) is 7.46. The van der Waals surface area contributed by atoms with Gasteiger partial charge >= 0.3 is 5.40 Å². The highest BCUT2D eigenvalue weighted by Crippen LogP contribution is 2.68. The Hall–Kier alpha value is 1.01. The third-order valence-electron chi connectivity index (χ3n) is 1.10. The number of hydrogen-bond acceptors (Lipinski definition) is 5. The summed E-state index contributed by atoms with van der Waals surface area (Å²) in [6, 6.07) is 0. The van der Waals surface area contributed by atoms with E-state index in [0.717, 1.165) is 0 Å². The van der Waals surface area contributed by atoms with E-state index in [9.17, 15) is 8.78 Å². The van der Waals surface area contributed by atoms with E-state index in [2.05, 4.69) is 8.83 Å². The van der Waals surface area contributed by atoms with Crippen molar-refractivity contribution in [2.24, 2.45) is 0 Å². The second kappa shape index (κ2) is 6.57. The van der Waals surface area contributed by atoms with Crippen molar-refractivity contribution >= 4 is 32.0 Å². The van der Waals surface area contributed by atoms with Crippen LogP contribution in [0.3, 0.4) is 0 Å². The summed E-state index contributed by atoms with van der Waals surface area (Å²) < 4.78 is 34.6. The highest BCUT2D eigenvalue weighted by molar-refractivity contribution is 7.83. The second-order valence-electron chi connectivity index (χ2n) is 1.99. The third-order valence-corrected chi connectivity index (χ3v) is 5.36. The van der Waals surface area contributed by atoms with Crippen molar-refractivity contribution in [3.8, 4) is 0 Å². The zero-order valence-corrected chi connectivity index (χ0v) is 10.1. The maximum atomic E-state index is 12.7. The monoisotopic (exact) mass is 268 g/mol. The first kappa shape index (κ1) is 15.0. The summed E-state index contributed by atoms with van der Waals surface area (Å²) >= 11 is 0. The van der Waals surface area contributed by atoms with Crippen LogP contribution in [-0.4, -0.2) is 34.2 Å². The molecule has 0 amide bonds. The fourth-order valence-electron chi connectivity index (χ4n) is 0.432. The van der Waals surface area contributed by atoms with Gasteiger partial charge in [0, 0.05) is 7.11 Å². The molecule has 2 unspecified atom stereocenters. The molecule has 0 saturated carbocycles. The van der Waals surface area contributed by atoms with Crippen LogP contribution in [0, 0.1) is 0 Å². The van der Waals surface area contributed by atoms with Gasteiger partial charge in [0.2, 0.25) is 7.00 Å². The van der Waals surface area contributed by atoms with Crippen molar-refractivity contribution in [3.05, 3.63) is 0 Å². The van der Waals surface area contributed by atoms with E-state index in [-0.39, 0.29) is 0 Å². The van der Waals surface area contributed by atoms with Gasteiger partial charge in [-0.1, -0.05) is 6.82 Å². The van der Waals surface area contributed by atoms with Crippen molar-refractivity contribution < 1.29 is 32.3 Å². The SMILES string of the molecule is CBP(OC)OP(O)C(F)(F)P(O)O. The van der Waals surface area contributed by atoms with Crippen LogP contribution in [0.5, 0.6) is 0 Å². The summed E-state index contributed by atoms with van der Waals surface area (Å²) in [6.45, 7) is 1.97. The quantitative estimate of drug-likeness (QED) is 0.502. The normalized spacial score (nSPS) is 16.9. The minimum Gasteiger partial charge on any atom is -0.345 e. The maximum Gasteiger partial charge on any atom is 0.380 e. The molecule has 5 nitrogen and oxygen atoms in total. The minimum absolute atomic E-state index is 0.329. The molecule has 0 rings (SSSR count). The molecule has 2 atom stereocenters. The molecule has 0 saturated heterocycles. The molecule has 0 aliphatic carbocycles. The lowest BCUT2D eigenvalue weighted by Crippen LogP contribution is -2.11. The molecular weight excluding hydrogens is 258 g/mol. The highest BCUT2D eigenvalue weighted by atomic mass is 31.2. The number of halogens is 2. The molecular formula is C3H10BF2O5P3. The third kappa shape index (κ3) is 4.25. The van der Waals surface area contributed by atoms with Crippen LogP contribution in [0.2, 0.25) is 6.82 Å². The Labute approximate surface area is 84.4 Å². The van der Waals surface area contributed by atoms with E-state index in [0.29, 0.717) is 7.00 Å². The minimum atomic E-state index is -4.00. The molecule has 0 aromatic carbocycles. The average Bonchev–Trinajstić information content (AvgIpc) is 2.13. The van der Waals surface area contributed by atoms with Crippen LogP contribution in [-0.2, 0) is 8.83 Å². The molecule has 0 heterocycles. The molecule has 0 aliphatic rings. The molecule has 0 aromatic heterocycles. The molecule has 0 aromatic rings. The topological polar surface area (TPSA) is 79.2 Å². The van der Waals surface area contributed by atoms with Crippen LogP contribution in [0.1, 0.15) is 0 Å². The summed E-state index contributed by atoms with van der Waals surface area (Å²) in [6.07, 6.45) is 0. The highest BCUT2D eigenvalue weighted by Gasteiger charge is 2.50. The average molecular weight is 268 g/mol. The maximum absolute atomic E-state index is 12.7. The van der Waals surface area contributed by atoms with E-state index in [4.69, 9.17) is 14.7 Å². The number of rotatable bonds is 6. The Morgan fingerprint density at radius 2 is 1.79 bits per heavy atom. The Morgan fingerprint density at radius 3 is 2.07 bits per heavy atom. The van der Waals surface area contributed by atoms with E-state index in [1.165, 1.54) is 7.11 Å². The lowest BCUT2D eigenvalue weighted by molar-refractivity contribution is 0.144. The lowest BCUT2D eigenvalue weighted by Gasteiger charge is -2.24. The standard InChI is InChI=1S/C3H10BF2O5P3/c1-4-14(10-2)11-13(9)3(5,6)12(7)8/h4,7-9H,1-2H3. The Kier molecular flexibility index (Phi) is 7.04. The summed E-state index contributed by atoms with van der Waals surface area (Å²) in [5.74, 6) is 0. The Balaban J connectivity index is 4.24. The molecule has 11 heteroatoms. The van der Waals surface area contributed by atoms with Gasteiger partial charge in [-0.15, -0.1) is 0 Å². The van der Waals surface area contributed by atoms with E-state index < -0.39 is 30.4 Å². The lowest BCUT2D eigenvalue weighted by atomic mass is 10.2. The number of hydrogen-bond donors (Lipinski definition) is 3. The van der Waals surface area contributed by atoms with Gasteiger partial charge in [0.05, 0.1) is 0 Å². The second-order valence-corrected chi connectivity index (χ2v) is 6.90. The van der Waals surface area contributed by atoms with Gasteiger partial charge < -0.3 is 19.2 Å². The van der Waals surface area contributed by atoms with Crippen LogP contribution >= 0.6 is 25.0 Å². The molecule has 0 fully saturated rings. The Morgan fingerprint density at radius 1 is 1.29 bits per heavy atom. The summed E-state index contributed by atoms with van der Waals surface area (Å²) in [5.41, 5.74) is 0. The van der Waals surface area contributed by atoms with Gasteiger partial charge in [0.1, 0.15) is 8.25 Å². The fraction of sp³-hybridized carbons (Fsp3) is 1.00. The van der Waals surface area contributed by atoms with E-state index in [1.54, 1.807) is 6.82 Å². The zero-order chi connectivity index (χ0) is 11.4. The molecule has 0 spiro atoms. The Bertz CT molecular complexity index is 170. The summed E-state index contributed by atoms with van der Waals surface area (Å²) in [5, 5.41) is -4.00. The first-order chi connectivity index (χ1) is 6.36. The van der Waals surface area contributed by atoms with Crippen LogP contribution in [0.15, 0.2) is 0 Å². The van der Waals surface area contributed by atoms with Gasteiger partial charge in [0.25, 0.3) is 16.8 Å². The molecule has 14 heavy (non-hydrogen) atoms. The van der Waals surface area contributed by atoms with Gasteiger partial charge in [-0.2, -0.15) is 8.78 Å². The molecule has 0 radical (unpaired) electrons. The molecule has 84 valence electrons. The predicted molar refractivity (Wildman–Crippen MR) is 53.5 cm³/mol. The van der Waals surface area contributed by atoms with Crippen molar-refractivity contribution in [2.45, 2.75) is 12.2 Å². The van der Waals surface area contributed by atoms with Crippen LogP contribution in [0.25, 0.3) is 0 Å². The van der Waals surface area contributed by atoms with Gasteiger partial charge in [-0.25, -0.2) is 0 Å². The van der Waals surface area contributed by atoms with E-state index in [1.807, 2.05) is 0 Å². The first-order valence-corrected chi connectivity index (χ1v) is 7.23. The predicted octanol–water partition coefficient (Wildman–Crippen LogP) is 1.51. The molecule has 3 N–H and O–H groups in total. The van der Waals surface area contributed by atoms with Gasteiger partial charge in [0.15, 0.2) is 0 Å². The van der Waals surface area contributed by atoms with Crippen molar-refractivity contribution in [1.29, 1.82) is 0 Å². The van der Waals surface area contributed by atoms with E-state index >= 15 is 0 Å².